The Labute approximate surface area is 185 Å². The standard InChI is InChI=1S/C24H25N3O3S/c1-4-30-18-11-7-10-16(12-18)19-13-20(28)25-22-21(19)23(29)26-24(27(22)3)31-14-17-9-6-5-8-15(17)2/h5-12,19H,4,13-14H2,1-3H3,(H,25,28)/t19-/m0/s1. The van der Waals surface area contributed by atoms with Crippen molar-refractivity contribution >= 4 is 23.5 Å². The number of hydrogen-bond acceptors (Lipinski definition) is 5. The van der Waals surface area contributed by atoms with Crippen molar-refractivity contribution in [3.05, 3.63) is 81.1 Å². The van der Waals surface area contributed by atoms with Crippen LogP contribution in [0.2, 0.25) is 0 Å². The van der Waals surface area contributed by atoms with E-state index in [-0.39, 0.29) is 23.8 Å². The van der Waals surface area contributed by atoms with Crippen LogP contribution in [0.5, 0.6) is 5.75 Å². The number of aromatic nitrogens is 2. The van der Waals surface area contributed by atoms with E-state index in [2.05, 4.69) is 29.4 Å². The first-order chi connectivity index (χ1) is 15.0. The van der Waals surface area contributed by atoms with Gasteiger partial charge in [0, 0.05) is 25.1 Å². The Morgan fingerprint density at radius 3 is 2.77 bits per heavy atom. The summed E-state index contributed by atoms with van der Waals surface area (Å²) < 4.78 is 7.42. The van der Waals surface area contributed by atoms with E-state index in [1.165, 1.54) is 22.9 Å². The van der Waals surface area contributed by atoms with Gasteiger partial charge in [-0.3, -0.25) is 9.59 Å². The van der Waals surface area contributed by atoms with Crippen LogP contribution in [0.3, 0.4) is 0 Å². The van der Waals surface area contributed by atoms with Crippen molar-refractivity contribution in [2.24, 2.45) is 7.05 Å². The van der Waals surface area contributed by atoms with Crippen LogP contribution in [0, 0.1) is 6.92 Å². The molecule has 6 nitrogen and oxygen atoms in total. The predicted octanol–water partition coefficient (Wildman–Crippen LogP) is 4.25. The van der Waals surface area contributed by atoms with E-state index in [1.807, 2.05) is 54.9 Å². The molecule has 31 heavy (non-hydrogen) atoms. The number of ether oxygens (including phenoxy) is 1. The minimum absolute atomic E-state index is 0.115. The van der Waals surface area contributed by atoms with Crippen molar-refractivity contribution in [1.82, 2.24) is 9.55 Å². The molecule has 2 aromatic carbocycles. The average molecular weight is 436 g/mol. The predicted molar refractivity (Wildman–Crippen MR) is 123 cm³/mol. The lowest BCUT2D eigenvalue weighted by Crippen LogP contribution is -2.33. The molecule has 7 heteroatoms. The molecule has 2 heterocycles. The second-order valence-electron chi connectivity index (χ2n) is 7.55. The Hall–Kier alpha value is -3.06. The van der Waals surface area contributed by atoms with Crippen LogP contribution < -0.4 is 15.6 Å². The fraction of sp³-hybridized carbons (Fsp3) is 0.292. The minimum atomic E-state index is -0.356. The summed E-state index contributed by atoms with van der Waals surface area (Å²) in [6.07, 6.45) is 0.204. The molecule has 0 saturated heterocycles. The molecule has 0 unspecified atom stereocenters. The van der Waals surface area contributed by atoms with Gasteiger partial charge in [-0.15, -0.1) is 0 Å². The van der Waals surface area contributed by atoms with Crippen molar-refractivity contribution in [2.75, 3.05) is 11.9 Å². The van der Waals surface area contributed by atoms with E-state index in [4.69, 9.17) is 4.74 Å². The molecule has 0 bridgehead atoms. The molecule has 0 radical (unpaired) electrons. The van der Waals surface area contributed by atoms with E-state index in [1.54, 1.807) is 0 Å². The number of nitrogens with one attached hydrogen (secondary N) is 1. The van der Waals surface area contributed by atoms with Crippen molar-refractivity contribution in [3.63, 3.8) is 0 Å². The summed E-state index contributed by atoms with van der Waals surface area (Å²) in [6, 6.07) is 15.7. The second-order valence-corrected chi connectivity index (χ2v) is 8.49. The molecule has 0 fully saturated rings. The first kappa shape index (κ1) is 21.2. The van der Waals surface area contributed by atoms with Gasteiger partial charge in [-0.25, -0.2) is 0 Å². The summed E-state index contributed by atoms with van der Waals surface area (Å²) in [4.78, 5) is 30.0. The zero-order valence-corrected chi connectivity index (χ0v) is 18.7. The Bertz CT molecular complexity index is 1190. The molecule has 0 aliphatic carbocycles. The third-order valence-electron chi connectivity index (χ3n) is 5.49. The lowest BCUT2D eigenvalue weighted by molar-refractivity contribution is -0.116. The molecule has 1 N–H and O–H groups in total. The van der Waals surface area contributed by atoms with E-state index >= 15 is 0 Å². The first-order valence-electron chi connectivity index (χ1n) is 10.3. The largest absolute Gasteiger partial charge is 0.494 e. The number of fused-ring (bicyclic) bond motifs is 1. The van der Waals surface area contributed by atoms with Crippen molar-refractivity contribution in [3.8, 4) is 5.75 Å². The Balaban J connectivity index is 1.71. The molecule has 1 aliphatic heterocycles. The van der Waals surface area contributed by atoms with Crippen LogP contribution in [-0.4, -0.2) is 22.1 Å². The summed E-state index contributed by atoms with van der Waals surface area (Å²) >= 11 is 1.49. The second kappa shape index (κ2) is 8.98. The van der Waals surface area contributed by atoms with Gasteiger partial charge in [0.15, 0.2) is 5.16 Å². The van der Waals surface area contributed by atoms with E-state index in [9.17, 15) is 9.59 Å². The minimum Gasteiger partial charge on any atom is -0.494 e. The zero-order chi connectivity index (χ0) is 22.0. The molecule has 0 spiro atoms. The van der Waals surface area contributed by atoms with Crippen LogP contribution in [0.4, 0.5) is 5.82 Å². The number of anilines is 1. The molecule has 4 rings (SSSR count). The molecule has 1 atom stereocenters. The number of aryl methyl sites for hydroxylation is 1. The summed E-state index contributed by atoms with van der Waals surface area (Å²) in [5.74, 6) is 1.47. The summed E-state index contributed by atoms with van der Waals surface area (Å²) in [5, 5.41) is 3.48. The lowest BCUT2D eigenvalue weighted by Gasteiger charge is -2.27. The topological polar surface area (TPSA) is 73.2 Å². The molecule has 3 aromatic rings. The van der Waals surface area contributed by atoms with Gasteiger partial charge in [-0.2, -0.15) is 4.98 Å². The summed E-state index contributed by atoms with van der Waals surface area (Å²) in [7, 11) is 1.84. The fourth-order valence-corrected chi connectivity index (χ4v) is 4.89. The van der Waals surface area contributed by atoms with Crippen molar-refractivity contribution < 1.29 is 9.53 Å². The van der Waals surface area contributed by atoms with E-state index in [0.29, 0.717) is 28.9 Å². The van der Waals surface area contributed by atoms with Crippen LogP contribution in [0.1, 0.15) is 41.5 Å². The molecule has 160 valence electrons. The number of carbonyl (C=O) groups excluding carboxylic acids is 1. The molecule has 0 saturated carbocycles. The highest BCUT2D eigenvalue weighted by molar-refractivity contribution is 7.98. The Kier molecular flexibility index (Phi) is 6.13. The van der Waals surface area contributed by atoms with Gasteiger partial charge in [0.25, 0.3) is 5.56 Å². The smallest absolute Gasteiger partial charge is 0.279 e. The maximum Gasteiger partial charge on any atom is 0.279 e. The quantitative estimate of drug-likeness (QED) is 0.463. The number of thioether (sulfide) groups is 1. The van der Waals surface area contributed by atoms with E-state index < -0.39 is 0 Å². The monoisotopic (exact) mass is 435 g/mol. The molecule has 1 amide bonds. The zero-order valence-electron chi connectivity index (χ0n) is 17.8. The maximum absolute atomic E-state index is 13.1. The van der Waals surface area contributed by atoms with Gasteiger partial charge in [0.1, 0.15) is 11.6 Å². The summed E-state index contributed by atoms with van der Waals surface area (Å²) in [5.41, 5.74) is 3.49. The molecular weight excluding hydrogens is 410 g/mol. The average Bonchev–Trinajstić information content (AvgIpc) is 2.76. The van der Waals surface area contributed by atoms with Gasteiger partial charge >= 0.3 is 0 Å². The first-order valence-corrected chi connectivity index (χ1v) is 11.3. The van der Waals surface area contributed by atoms with Gasteiger partial charge in [0.2, 0.25) is 5.91 Å². The summed E-state index contributed by atoms with van der Waals surface area (Å²) in [6.45, 7) is 4.54. The van der Waals surface area contributed by atoms with Crippen LogP contribution in [0.15, 0.2) is 58.5 Å². The van der Waals surface area contributed by atoms with Crippen LogP contribution in [-0.2, 0) is 17.6 Å². The number of nitrogens with zero attached hydrogens (tertiary/aromatic N) is 2. The van der Waals surface area contributed by atoms with Gasteiger partial charge in [-0.05, 0) is 42.7 Å². The molecule has 1 aromatic heterocycles. The van der Waals surface area contributed by atoms with Gasteiger partial charge < -0.3 is 14.6 Å². The Morgan fingerprint density at radius 1 is 1.19 bits per heavy atom. The van der Waals surface area contributed by atoms with Crippen molar-refractivity contribution in [1.29, 1.82) is 0 Å². The normalized spacial score (nSPS) is 15.3. The highest BCUT2D eigenvalue weighted by atomic mass is 32.2. The highest BCUT2D eigenvalue weighted by Gasteiger charge is 2.32. The SMILES string of the molecule is CCOc1cccc([C@@H]2CC(=O)Nc3c2c(=O)nc(SCc2ccccc2C)n3C)c1. The van der Waals surface area contributed by atoms with E-state index in [0.717, 1.165) is 11.3 Å². The fourth-order valence-electron chi connectivity index (χ4n) is 3.85. The Morgan fingerprint density at radius 2 is 2.00 bits per heavy atom. The maximum atomic E-state index is 13.1. The highest BCUT2D eigenvalue weighted by Crippen LogP contribution is 2.37. The van der Waals surface area contributed by atoms with Crippen LogP contribution >= 0.6 is 11.8 Å². The third-order valence-corrected chi connectivity index (χ3v) is 6.57. The molecular formula is C24H25N3O3S. The molecule has 1 aliphatic rings. The van der Waals surface area contributed by atoms with Gasteiger partial charge in [-0.1, -0.05) is 48.2 Å². The van der Waals surface area contributed by atoms with Crippen molar-refractivity contribution in [2.45, 2.75) is 37.1 Å². The number of amides is 1. The van der Waals surface area contributed by atoms with Crippen LogP contribution in [0.25, 0.3) is 0 Å². The lowest BCUT2D eigenvalue weighted by atomic mass is 9.86. The number of hydrogen-bond donors (Lipinski definition) is 1. The number of benzene rings is 2. The van der Waals surface area contributed by atoms with Gasteiger partial charge in [0.05, 0.1) is 12.2 Å². The third kappa shape index (κ3) is 4.37. The number of carbonyl (C=O) groups is 1. The number of rotatable bonds is 6.